The summed E-state index contributed by atoms with van der Waals surface area (Å²) in [6.07, 6.45) is -3.56. The molecule has 0 heterocycles. The topological polar surface area (TPSA) is 32.3 Å². The van der Waals surface area contributed by atoms with Crippen LogP contribution in [-0.2, 0) is 0 Å². The maximum absolute atomic E-state index is 13.0. The summed E-state index contributed by atoms with van der Waals surface area (Å²) < 4.78 is 39.1. The first-order valence-electron chi connectivity index (χ1n) is 7.83. The molecule has 2 aromatic carbocycles. The molecule has 0 bridgehead atoms. The molecule has 0 unspecified atom stereocenters. The zero-order chi connectivity index (χ0) is 19.3. The van der Waals surface area contributed by atoms with Crippen molar-refractivity contribution in [1.82, 2.24) is 5.32 Å². The average Bonchev–Trinajstić information content (AvgIpc) is 2.64. The number of carbonyl (C=O) groups is 1. The van der Waals surface area contributed by atoms with Gasteiger partial charge in [-0.25, -0.2) is 0 Å². The molecule has 0 saturated carbocycles. The Morgan fingerprint density at radius 2 is 1.69 bits per heavy atom. The van der Waals surface area contributed by atoms with Crippen molar-refractivity contribution in [1.29, 1.82) is 0 Å². The lowest BCUT2D eigenvalue weighted by molar-refractivity contribution is -0.0877. The number of nitrogens with zero attached hydrogens (tertiary/aromatic N) is 1. The van der Waals surface area contributed by atoms with E-state index < -0.39 is 11.7 Å². The fourth-order valence-electron chi connectivity index (χ4n) is 2.38. The predicted molar refractivity (Wildman–Crippen MR) is 97.8 cm³/mol. The lowest BCUT2D eigenvalue weighted by Crippen LogP contribution is -2.20. The Bertz CT molecular complexity index is 826. The van der Waals surface area contributed by atoms with Gasteiger partial charge in [-0.1, -0.05) is 36.9 Å². The van der Waals surface area contributed by atoms with Crippen LogP contribution >= 0.6 is 0 Å². The molecule has 2 rings (SSSR count). The smallest absolute Gasteiger partial charge is 0.355 e. The Morgan fingerprint density at radius 1 is 1.08 bits per heavy atom. The molecule has 26 heavy (non-hydrogen) atoms. The molecule has 1 amide bonds. The number of hydrogen-bond donors (Lipinski definition) is 1. The number of halogens is 3. The van der Waals surface area contributed by atoms with E-state index in [2.05, 4.69) is 11.9 Å². The summed E-state index contributed by atoms with van der Waals surface area (Å²) in [6, 6.07) is 15.4. The third-order valence-electron chi connectivity index (χ3n) is 3.83. The lowest BCUT2D eigenvalue weighted by atomic mass is 10.0. The summed E-state index contributed by atoms with van der Waals surface area (Å²) in [4.78, 5) is 13.5. The number of anilines is 1. The molecule has 6 heteroatoms. The Hall–Kier alpha value is -3.02. The minimum Gasteiger partial charge on any atom is -0.355 e. The van der Waals surface area contributed by atoms with Gasteiger partial charge >= 0.3 is 6.18 Å². The molecule has 0 aliphatic carbocycles. The SMILES string of the molecule is C=C(/C=C(/c1cccc(C(=O)NC)c1)N(C)c1ccccc1)C(F)(F)F. The van der Waals surface area contributed by atoms with Gasteiger partial charge in [-0.05, 0) is 35.9 Å². The minimum absolute atomic E-state index is 0.282. The second kappa shape index (κ2) is 7.91. The maximum Gasteiger partial charge on any atom is 0.415 e. The van der Waals surface area contributed by atoms with Crippen LogP contribution in [0.3, 0.4) is 0 Å². The molecule has 2 aromatic rings. The number of allylic oxidation sites excluding steroid dienone is 2. The largest absolute Gasteiger partial charge is 0.415 e. The Labute approximate surface area is 150 Å². The molecule has 0 atom stereocenters. The fourth-order valence-corrected chi connectivity index (χ4v) is 2.38. The monoisotopic (exact) mass is 360 g/mol. The highest BCUT2D eigenvalue weighted by Gasteiger charge is 2.31. The molecule has 0 aliphatic rings. The van der Waals surface area contributed by atoms with Crippen LogP contribution in [0.5, 0.6) is 0 Å². The van der Waals surface area contributed by atoms with E-state index in [9.17, 15) is 18.0 Å². The van der Waals surface area contributed by atoms with Gasteiger partial charge in [0, 0.05) is 31.0 Å². The highest BCUT2D eigenvalue weighted by Crippen LogP contribution is 2.31. The van der Waals surface area contributed by atoms with Crippen molar-refractivity contribution >= 4 is 17.3 Å². The number of carbonyl (C=O) groups excluding carboxylic acids is 1. The van der Waals surface area contributed by atoms with Crippen molar-refractivity contribution in [2.45, 2.75) is 6.18 Å². The van der Waals surface area contributed by atoms with Gasteiger partial charge < -0.3 is 10.2 Å². The van der Waals surface area contributed by atoms with Gasteiger partial charge in [-0.2, -0.15) is 13.2 Å². The van der Waals surface area contributed by atoms with Gasteiger partial charge in [0.15, 0.2) is 0 Å². The van der Waals surface area contributed by atoms with Crippen molar-refractivity contribution in [3.8, 4) is 0 Å². The van der Waals surface area contributed by atoms with E-state index in [-0.39, 0.29) is 11.6 Å². The molecule has 0 fully saturated rings. The second-order valence-corrected chi connectivity index (χ2v) is 5.61. The third-order valence-corrected chi connectivity index (χ3v) is 3.83. The number of hydrogen-bond acceptors (Lipinski definition) is 2. The van der Waals surface area contributed by atoms with Gasteiger partial charge in [-0.15, -0.1) is 0 Å². The van der Waals surface area contributed by atoms with Crippen LogP contribution in [0.2, 0.25) is 0 Å². The van der Waals surface area contributed by atoms with Crippen molar-refractivity contribution in [2.75, 3.05) is 19.0 Å². The Morgan fingerprint density at radius 3 is 2.27 bits per heavy atom. The van der Waals surface area contributed by atoms with Crippen LogP contribution < -0.4 is 10.2 Å². The normalized spacial score (nSPS) is 11.8. The van der Waals surface area contributed by atoms with E-state index in [0.717, 1.165) is 6.08 Å². The summed E-state index contributed by atoms with van der Waals surface area (Å²) in [7, 11) is 3.16. The number of rotatable bonds is 5. The quantitative estimate of drug-likeness (QED) is 0.788. The molecular weight excluding hydrogens is 341 g/mol. The van der Waals surface area contributed by atoms with Crippen molar-refractivity contribution in [3.63, 3.8) is 0 Å². The van der Waals surface area contributed by atoms with Crippen molar-refractivity contribution in [2.24, 2.45) is 0 Å². The van der Waals surface area contributed by atoms with Gasteiger partial charge in [0.1, 0.15) is 0 Å². The molecular formula is C20H19F3N2O. The van der Waals surface area contributed by atoms with Crippen LogP contribution in [0.15, 0.2) is 72.8 Å². The highest BCUT2D eigenvalue weighted by atomic mass is 19.4. The molecule has 0 aromatic heterocycles. The minimum atomic E-state index is -4.54. The number of nitrogens with one attached hydrogen (secondary N) is 1. The van der Waals surface area contributed by atoms with Crippen molar-refractivity contribution in [3.05, 3.63) is 84.0 Å². The van der Waals surface area contributed by atoms with Crippen molar-refractivity contribution < 1.29 is 18.0 Å². The van der Waals surface area contributed by atoms with E-state index in [1.807, 2.05) is 6.07 Å². The summed E-state index contributed by atoms with van der Waals surface area (Å²) in [6.45, 7) is 3.13. The van der Waals surface area contributed by atoms with Crippen LogP contribution in [0.1, 0.15) is 15.9 Å². The van der Waals surface area contributed by atoms with Crippen LogP contribution in [0, 0.1) is 0 Å². The number of para-hydroxylation sites is 1. The Kier molecular flexibility index (Phi) is 5.87. The predicted octanol–water partition coefficient (Wildman–Crippen LogP) is 4.64. The summed E-state index contributed by atoms with van der Waals surface area (Å²) in [5, 5.41) is 2.50. The summed E-state index contributed by atoms with van der Waals surface area (Å²) in [5.74, 6) is -0.316. The van der Waals surface area contributed by atoms with Crippen LogP contribution in [0.25, 0.3) is 5.70 Å². The summed E-state index contributed by atoms with van der Waals surface area (Å²) >= 11 is 0. The number of alkyl halides is 3. The zero-order valence-electron chi connectivity index (χ0n) is 14.5. The number of amides is 1. The Balaban J connectivity index is 2.56. The second-order valence-electron chi connectivity index (χ2n) is 5.61. The number of benzene rings is 2. The van der Waals surface area contributed by atoms with E-state index >= 15 is 0 Å². The highest BCUT2D eigenvalue weighted by molar-refractivity contribution is 5.95. The van der Waals surface area contributed by atoms with Gasteiger partial charge in [0.05, 0.1) is 5.57 Å². The average molecular weight is 360 g/mol. The maximum atomic E-state index is 13.0. The van der Waals surface area contributed by atoms with Gasteiger partial charge in [-0.3, -0.25) is 4.79 Å². The van der Waals surface area contributed by atoms with Crippen LogP contribution in [-0.4, -0.2) is 26.2 Å². The third kappa shape index (κ3) is 4.53. The standard InChI is InChI=1S/C20H19F3N2O/c1-14(20(21,22)23)12-18(25(3)17-10-5-4-6-11-17)15-8-7-9-16(13-15)19(26)24-2/h4-13H,1H2,2-3H3,(H,24,26)/b18-12-. The first-order chi connectivity index (χ1) is 12.2. The first kappa shape index (κ1) is 19.3. The van der Waals surface area contributed by atoms with E-state index in [4.69, 9.17) is 0 Å². The lowest BCUT2D eigenvalue weighted by Gasteiger charge is -2.24. The molecule has 0 radical (unpaired) electrons. The van der Waals surface area contributed by atoms with E-state index in [1.54, 1.807) is 60.5 Å². The molecule has 0 aliphatic heterocycles. The van der Waals surface area contributed by atoms with E-state index in [1.165, 1.54) is 7.05 Å². The fraction of sp³-hybridized carbons (Fsp3) is 0.150. The summed E-state index contributed by atoms with van der Waals surface area (Å²) in [5.41, 5.74) is 0.849. The van der Waals surface area contributed by atoms with Gasteiger partial charge in [0.25, 0.3) is 5.91 Å². The molecule has 0 saturated heterocycles. The molecule has 1 N–H and O–H groups in total. The van der Waals surface area contributed by atoms with Gasteiger partial charge in [0.2, 0.25) is 0 Å². The molecule has 136 valence electrons. The zero-order valence-corrected chi connectivity index (χ0v) is 14.5. The molecule has 0 spiro atoms. The van der Waals surface area contributed by atoms with Crippen LogP contribution in [0.4, 0.5) is 18.9 Å². The molecule has 3 nitrogen and oxygen atoms in total. The van der Waals surface area contributed by atoms with E-state index in [0.29, 0.717) is 16.8 Å². The first-order valence-corrected chi connectivity index (χ1v) is 7.83.